The minimum Gasteiger partial charge on any atom is -0.497 e. The smallest absolute Gasteiger partial charge is 0.123 e. The van der Waals surface area contributed by atoms with Gasteiger partial charge in [0.25, 0.3) is 0 Å². The van der Waals surface area contributed by atoms with E-state index in [1.807, 2.05) is 6.07 Å². The molecule has 0 heterocycles. The summed E-state index contributed by atoms with van der Waals surface area (Å²) < 4.78 is 18.2. The maximum Gasteiger partial charge on any atom is 0.123 e. The third-order valence-electron chi connectivity index (χ3n) is 3.62. The Balaban J connectivity index is 1.83. The number of methoxy groups -OCH3 is 1. The minimum atomic E-state index is -0.209. The quantitative estimate of drug-likeness (QED) is 0.899. The predicted octanol–water partition coefficient (Wildman–Crippen LogP) is 3.93. The van der Waals surface area contributed by atoms with Crippen molar-refractivity contribution in [3.63, 3.8) is 0 Å². The van der Waals surface area contributed by atoms with Crippen LogP contribution in [0.15, 0.2) is 42.5 Å². The van der Waals surface area contributed by atoms with Crippen molar-refractivity contribution in [2.24, 2.45) is 0 Å². The van der Waals surface area contributed by atoms with Gasteiger partial charge < -0.3 is 10.1 Å². The maximum absolute atomic E-state index is 12.9. The SMILES string of the molecule is COc1ccc2c(c1)C(Nc1ccc(F)cc1)CC2. The van der Waals surface area contributed by atoms with Gasteiger partial charge in [0.15, 0.2) is 0 Å². The lowest BCUT2D eigenvalue weighted by molar-refractivity contribution is 0.414. The first-order valence-electron chi connectivity index (χ1n) is 6.45. The van der Waals surface area contributed by atoms with Crippen molar-refractivity contribution >= 4 is 5.69 Å². The van der Waals surface area contributed by atoms with Gasteiger partial charge in [-0.05, 0) is 60.4 Å². The van der Waals surface area contributed by atoms with Crippen molar-refractivity contribution < 1.29 is 9.13 Å². The van der Waals surface area contributed by atoms with Gasteiger partial charge in [-0.15, -0.1) is 0 Å². The Kier molecular flexibility index (Phi) is 3.11. The van der Waals surface area contributed by atoms with E-state index in [9.17, 15) is 4.39 Å². The molecule has 0 amide bonds. The summed E-state index contributed by atoms with van der Waals surface area (Å²) in [5, 5.41) is 3.45. The van der Waals surface area contributed by atoms with E-state index in [0.717, 1.165) is 24.3 Å². The lowest BCUT2D eigenvalue weighted by Crippen LogP contribution is -2.07. The molecule has 2 aromatic rings. The molecule has 0 aromatic heterocycles. The third-order valence-corrected chi connectivity index (χ3v) is 3.62. The second-order valence-corrected chi connectivity index (χ2v) is 4.81. The van der Waals surface area contributed by atoms with Gasteiger partial charge in [-0.1, -0.05) is 6.07 Å². The fourth-order valence-electron chi connectivity index (χ4n) is 2.60. The zero-order valence-corrected chi connectivity index (χ0v) is 10.8. The summed E-state index contributed by atoms with van der Waals surface area (Å²) in [7, 11) is 1.68. The molecule has 0 saturated heterocycles. The zero-order valence-electron chi connectivity index (χ0n) is 10.8. The van der Waals surface area contributed by atoms with Crippen molar-refractivity contribution in [2.45, 2.75) is 18.9 Å². The van der Waals surface area contributed by atoms with Crippen LogP contribution >= 0.6 is 0 Å². The Morgan fingerprint density at radius 1 is 1.16 bits per heavy atom. The van der Waals surface area contributed by atoms with Crippen molar-refractivity contribution in [3.05, 3.63) is 59.4 Å². The zero-order chi connectivity index (χ0) is 13.2. The van der Waals surface area contributed by atoms with Crippen LogP contribution in [0.25, 0.3) is 0 Å². The van der Waals surface area contributed by atoms with Crippen LogP contribution in [0.5, 0.6) is 5.75 Å². The first kappa shape index (κ1) is 12.0. The van der Waals surface area contributed by atoms with E-state index < -0.39 is 0 Å². The summed E-state index contributed by atoms with van der Waals surface area (Å²) in [6.07, 6.45) is 2.12. The topological polar surface area (TPSA) is 21.3 Å². The molecule has 0 bridgehead atoms. The Bertz CT molecular complexity index is 580. The van der Waals surface area contributed by atoms with Gasteiger partial charge in [0.2, 0.25) is 0 Å². The molecule has 2 aromatic carbocycles. The fraction of sp³-hybridized carbons (Fsp3) is 0.250. The molecular formula is C16H16FNO. The molecule has 0 radical (unpaired) electrons. The Morgan fingerprint density at radius 2 is 1.95 bits per heavy atom. The number of halogens is 1. The van der Waals surface area contributed by atoms with Gasteiger partial charge >= 0.3 is 0 Å². The van der Waals surface area contributed by atoms with E-state index >= 15 is 0 Å². The molecular weight excluding hydrogens is 241 g/mol. The number of hydrogen-bond donors (Lipinski definition) is 1. The molecule has 0 saturated carbocycles. The molecule has 1 atom stereocenters. The normalized spacial score (nSPS) is 17.1. The van der Waals surface area contributed by atoms with Crippen molar-refractivity contribution in [3.8, 4) is 5.75 Å². The van der Waals surface area contributed by atoms with E-state index in [1.54, 1.807) is 19.2 Å². The van der Waals surface area contributed by atoms with Gasteiger partial charge in [-0.2, -0.15) is 0 Å². The summed E-state index contributed by atoms with van der Waals surface area (Å²) in [5.41, 5.74) is 3.59. The highest BCUT2D eigenvalue weighted by atomic mass is 19.1. The highest BCUT2D eigenvalue weighted by Gasteiger charge is 2.22. The standard InChI is InChI=1S/C16H16FNO/c1-19-14-8-2-11-3-9-16(15(11)10-14)18-13-6-4-12(17)5-7-13/h2,4-8,10,16,18H,3,9H2,1H3. The van der Waals surface area contributed by atoms with E-state index in [1.165, 1.54) is 23.3 Å². The summed E-state index contributed by atoms with van der Waals surface area (Å²) in [5.74, 6) is 0.672. The van der Waals surface area contributed by atoms with Gasteiger partial charge in [0.05, 0.1) is 13.2 Å². The molecule has 0 spiro atoms. The number of nitrogens with one attached hydrogen (secondary N) is 1. The lowest BCUT2D eigenvalue weighted by Gasteiger charge is -2.16. The first-order chi connectivity index (χ1) is 9.26. The molecule has 19 heavy (non-hydrogen) atoms. The maximum atomic E-state index is 12.9. The van der Waals surface area contributed by atoms with Gasteiger partial charge in [0, 0.05) is 5.69 Å². The number of ether oxygens (including phenoxy) is 1. The van der Waals surface area contributed by atoms with Crippen LogP contribution in [-0.2, 0) is 6.42 Å². The second-order valence-electron chi connectivity index (χ2n) is 4.81. The molecule has 0 aliphatic heterocycles. The largest absolute Gasteiger partial charge is 0.497 e. The highest BCUT2D eigenvalue weighted by molar-refractivity contribution is 5.49. The predicted molar refractivity (Wildman–Crippen MR) is 74.1 cm³/mol. The number of fused-ring (bicyclic) bond motifs is 1. The summed E-state index contributed by atoms with van der Waals surface area (Å²) in [6, 6.07) is 13.0. The van der Waals surface area contributed by atoms with E-state index in [-0.39, 0.29) is 11.9 Å². The summed E-state index contributed by atoms with van der Waals surface area (Å²) >= 11 is 0. The van der Waals surface area contributed by atoms with E-state index in [0.29, 0.717) is 0 Å². The number of anilines is 1. The van der Waals surface area contributed by atoms with Crippen molar-refractivity contribution in [1.29, 1.82) is 0 Å². The summed E-state index contributed by atoms with van der Waals surface area (Å²) in [4.78, 5) is 0. The van der Waals surface area contributed by atoms with Gasteiger partial charge in [0.1, 0.15) is 11.6 Å². The first-order valence-corrected chi connectivity index (χ1v) is 6.45. The third kappa shape index (κ3) is 2.41. The number of rotatable bonds is 3. The number of hydrogen-bond acceptors (Lipinski definition) is 2. The van der Waals surface area contributed by atoms with Crippen LogP contribution in [0.3, 0.4) is 0 Å². The van der Waals surface area contributed by atoms with Crippen molar-refractivity contribution in [1.82, 2.24) is 0 Å². The molecule has 3 heteroatoms. The average molecular weight is 257 g/mol. The molecule has 1 aliphatic carbocycles. The Labute approximate surface area is 112 Å². The van der Waals surface area contributed by atoms with Crippen molar-refractivity contribution in [2.75, 3.05) is 12.4 Å². The average Bonchev–Trinajstić information content (AvgIpc) is 2.84. The summed E-state index contributed by atoms with van der Waals surface area (Å²) in [6.45, 7) is 0. The second kappa shape index (κ2) is 4.92. The Morgan fingerprint density at radius 3 is 2.68 bits per heavy atom. The van der Waals surface area contributed by atoms with Gasteiger partial charge in [-0.3, -0.25) is 0 Å². The molecule has 0 fully saturated rings. The molecule has 98 valence electrons. The lowest BCUT2D eigenvalue weighted by atomic mass is 10.1. The Hall–Kier alpha value is -2.03. The van der Waals surface area contributed by atoms with Crippen LogP contribution in [-0.4, -0.2) is 7.11 Å². The molecule has 1 aliphatic rings. The van der Waals surface area contributed by atoms with E-state index in [4.69, 9.17) is 4.74 Å². The highest BCUT2D eigenvalue weighted by Crippen LogP contribution is 2.35. The number of aryl methyl sites for hydroxylation is 1. The number of benzene rings is 2. The monoisotopic (exact) mass is 257 g/mol. The molecule has 1 unspecified atom stereocenters. The molecule has 2 nitrogen and oxygen atoms in total. The van der Waals surface area contributed by atoms with Gasteiger partial charge in [-0.25, -0.2) is 4.39 Å². The van der Waals surface area contributed by atoms with Crippen LogP contribution in [0.4, 0.5) is 10.1 Å². The van der Waals surface area contributed by atoms with Crippen LogP contribution in [0.2, 0.25) is 0 Å². The van der Waals surface area contributed by atoms with E-state index in [2.05, 4.69) is 17.4 Å². The van der Waals surface area contributed by atoms with Crippen LogP contribution in [0, 0.1) is 5.82 Å². The molecule has 3 rings (SSSR count). The minimum absolute atomic E-state index is 0.209. The van der Waals surface area contributed by atoms with Crippen LogP contribution in [0.1, 0.15) is 23.6 Å². The fourth-order valence-corrected chi connectivity index (χ4v) is 2.60. The molecule has 1 N–H and O–H groups in total. The van der Waals surface area contributed by atoms with Crippen LogP contribution < -0.4 is 10.1 Å².